The molecule has 0 aliphatic heterocycles. The zero-order chi connectivity index (χ0) is 9.26. The average molecular weight is 212 g/mol. The molecule has 0 radical (unpaired) electrons. The minimum atomic E-state index is -0.725. The van der Waals surface area contributed by atoms with Gasteiger partial charge in [0.2, 0.25) is 0 Å². The summed E-state index contributed by atoms with van der Waals surface area (Å²) in [6.07, 6.45) is 0.884. The minimum Gasteiger partial charge on any atom is -0.481 e. The molecule has 0 fully saturated rings. The van der Waals surface area contributed by atoms with E-state index in [2.05, 4.69) is 17.5 Å². The lowest BCUT2D eigenvalue weighted by molar-refractivity contribution is -0.136. The van der Waals surface area contributed by atoms with Crippen molar-refractivity contribution in [3.05, 3.63) is 22.4 Å². The van der Waals surface area contributed by atoms with Crippen molar-refractivity contribution in [2.45, 2.75) is 12.8 Å². The first-order valence-corrected chi connectivity index (χ1v) is 5.63. The summed E-state index contributed by atoms with van der Waals surface area (Å²) < 4.78 is 2.54. The fraction of sp³-hybridized carbons (Fsp3) is 0.222. The lowest BCUT2D eigenvalue weighted by atomic mass is 10.3. The molecule has 0 amide bonds. The highest BCUT2D eigenvalue weighted by atomic mass is 32.1. The van der Waals surface area contributed by atoms with E-state index < -0.39 is 5.97 Å². The highest BCUT2D eigenvalue weighted by molar-refractivity contribution is 7.26. The molecule has 0 saturated carbocycles. The average Bonchev–Trinajstić information content (AvgIpc) is 2.58. The van der Waals surface area contributed by atoms with Crippen molar-refractivity contribution >= 4 is 38.0 Å². The van der Waals surface area contributed by atoms with E-state index in [9.17, 15) is 4.79 Å². The van der Waals surface area contributed by atoms with Crippen molar-refractivity contribution in [3.63, 3.8) is 0 Å². The van der Waals surface area contributed by atoms with Gasteiger partial charge in [-0.05, 0) is 23.9 Å². The molecule has 0 atom stereocenters. The Morgan fingerprint density at radius 1 is 1.46 bits per heavy atom. The molecule has 0 saturated heterocycles. The Morgan fingerprint density at radius 2 is 2.31 bits per heavy atom. The number of aliphatic carboxylic acids is 1. The highest BCUT2D eigenvalue weighted by Crippen LogP contribution is 2.30. The SMILES string of the molecule is O=C(O)CCc1cc2sccc2s1. The number of carbonyl (C=O) groups is 1. The van der Waals surface area contributed by atoms with E-state index in [1.54, 1.807) is 22.7 Å². The molecule has 0 aliphatic carbocycles. The summed E-state index contributed by atoms with van der Waals surface area (Å²) in [6.45, 7) is 0. The Hall–Kier alpha value is -0.870. The molecule has 0 aliphatic rings. The molecule has 0 bridgehead atoms. The quantitative estimate of drug-likeness (QED) is 0.849. The van der Waals surface area contributed by atoms with Crippen LogP contribution < -0.4 is 0 Å². The van der Waals surface area contributed by atoms with Gasteiger partial charge in [0.05, 0.1) is 6.42 Å². The number of carboxylic acids is 1. The largest absolute Gasteiger partial charge is 0.481 e. The smallest absolute Gasteiger partial charge is 0.303 e. The van der Waals surface area contributed by atoms with Gasteiger partial charge in [0.25, 0.3) is 0 Å². The monoisotopic (exact) mass is 212 g/mol. The maximum absolute atomic E-state index is 10.3. The molecule has 13 heavy (non-hydrogen) atoms. The number of hydrogen-bond acceptors (Lipinski definition) is 3. The predicted octanol–water partition coefficient (Wildman–Crippen LogP) is 2.98. The van der Waals surface area contributed by atoms with Gasteiger partial charge in [-0.25, -0.2) is 0 Å². The van der Waals surface area contributed by atoms with Crippen molar-refractivity contribution in [2.24, 2.45) is 0 Å². The first-order valence-electron chi connectivity index (χ1n) is 3.93. The molecule has 1 N–H and O–H groups in total. The van der Waals surface area contributed by atoms with Crippen LogP contribution in [0.25, 0.3) is 9.40 Å². The van der Waals surface area contributed by atoms with E-state index >= 15 is 0 Å². The van der Waals surface area contributed by atoms with Crippen molar-refractivity contribution in [2.75, 3.05) is 0 Å². The van der Waals surface area contributed by atoms with Crippen molar-refractivity contribution in [3.8, 4) is 0 Å². The summed E-state index contributed by atoms with van der Waals surface area (Å²) in [5, 5.41) is 10.6. The molecule has 2 aromatic heterocycles. The Kier molecular flexibility index (Phi) is 2.33. The van der Waals surface area contributed by atoms with Gasteiger partial charge < -0.3 is 5.11 Å². The van der Waals surface area contributed by atoms with E-state index in [4.69, 9.17) is 5.11 Å². The van der Waals surface area contributed by atoms with Crippen LogP contribution >= 0.6 is 22.7 Å². The van der Waals surface area contributed by atoms with Crippen molar-refractivity contribution in [1.82, 2.24) is 0 Å². The zero-order valence-corrected chi connectivity index (χ0v) is 8.45. The zero-order valence-electron chi connectivity index (χ0n) is 6.82. The number of fused-ring (bicyclic) bond motifs is 1. The highest BCUT2D eigenvalue weighted by Gasteiger charge is 2.04. The molecular formula is C9H8O2S2. The van der Waals surface area contributed by atoms with E-state index in [-0.39, 0.29) is 6.42 Å². The lowest BCUT2D eigenvalue weighted by Gasteiger charge is -1.90. The fourth-order valence-corrected chi connectivity index (χ4v) is 3.30. The predicted molar refractivity (Wildman–Crippen MR) is 55.7 cm³/mol. The van der Waals surface area contributed by atoms with Crippen LogP contribution in [0.15, 0.2) is 17.5 Å². The molecule has 4 heteroatoms. The van der Waals surface area contributed by atoms with E-state index in [0.717, 1.165) is 0 Å². The molecule has 2 aromatic rings. The Bertz CT molecular complexity index is 399. The summed E-state index contributed by atoms with van der Waals surface area (Å²) >= 11 is 3.40. The van der Waals surface area contributed by atoms with Crippen LogP contribution in [0.1, 0.15) is 11.3 Å². The molecule has 0 unspecified atom stereocenters. The van der Waals surface area contributed by atoms with Crippen LogP contribution in [0.3, 0.4) is 0 Å². The maximum Gasteiger partial charge on any atom is 0.303 e. The number of rotatable bonds is 3. The first-order chi connectivity index (χ1) is 6.25. The second-order valence-corrected chi connectivity index (χ2v) is 4.87. The van der Waals surface area contributed by atoms with Crippen LogP contribution in [-0.2, 0) is 11.2 Å². The summed E-state index contributed by atoms with van der Waals surface area (Å²) in [4.78, 5) is 11.5. The number of aryl methyl sites for hydroxylation is 1. The topological polar surface area (TPSA) is 37.3 Å². The molecule has 2 rings (SSSR count). The third kappa shape index (κ3) is 1.89. The first kappa shape index (κ1) is 8.72. The van der Waals surface area contributed by atoms with E-state index in [0.29, 0.717) is 6.42 Å². The molecule has 68 valence electrons. The van der Waals surface area contributed by atoms with Crippen LogP contribution in [0.2, 0.25) is 0 Å². The standard InChI is InChI=1S/C9H8O2S2/c10-9(11)2-1-6-5-8-7(13-6)3-4-12-8/h3-5H,1-2H2,(H,10,11). The van der Waals surface area contributed by atoms with Gasteiger partial charge >= 0.3 is 5.97 Å². The summed E-state index contributed by atoms with van der Waals surface area (Å²) in [6, 6.07) is 4.17. The van der Waals surface area contributed by atoms with Gasteiger partial charge in [-0.1, -0.05) is 0 Å². The van der Waals surface area contributed by atoms with Gasteiger partial charge in [0.1, 0.15) is 0 Å². The van der Waals surface area contributed by atoms with Gasteiger partial charge in [0, 0.05) is 14.3 Å². The number of carboxylic acid groups (broad SMARTS) is 1. The van der Waals surface area contributed by atoms with Crippen LogP contribution in [0, 0.1) is 0 Å². The molecule has 0 aromatic carbocycles. The number of thiophene rings is 2. The lowest BCUT2D eigenvalue weighted by Crippen LogP contribution is -1.95. The Balaban J connectivity index is 2.15. The third-order valence-electron chi connectivity index (χ3n) is 1.78. The summed E-state index contributed by atoms with van der Waals surface area (Å²) in [7, 11) is 0. The second-order valence-electron chi connectivity index (χ2n) is 2.76. The number of hydrogen-bond donors (Lipinski definition) is 1. The van der Waals surface area contributed by atoms with Gasteiger partial charge in [0.15, 0.2) is 0 Å². The van der Waals surface area contributed by atoms with Crippen LogP contribution in [0.4, 0.5) is 0 Å². The molecule has 2 heterocycles. The van der Waals surface area contributed by atoms with Gasteiger partial charge in [-0.3, -0.25) is 4.79 Å². The second kappa shape index (κ2) is 3.47. The minimum absolute atomic E-state index is 0.230. The summed E-state index contributed by atoms with van der Waals surface area (Å²) in [5.74, 6) is -0.725. The molecule has 0 spiro atoms. The van der Waals surface area contributed by atoms with E-state index in [1.165, 1.54) is 14.3 Å². The van der Waals surface area contributed by atoms with Crippen LogP contribution in [0.5, 0.6) is 0 Å². The summed E-state index contributed by atoms with van der Waals surface area (Å²) in [5.41, 5.74) is 0. The molecular weight excluding hydrogens is 204 g/mol. The Morgan fingerprint density at radius 3 is 3.00 bits per heavy atom. The van der Waals surface area contributed by atoms with Gasteiger partial charge in [-0.15, -0.1) is 22.7 Å². The van der Waals surface area contributed by atoms with Crippen molar-refractivity contribution in [1.29, 1.82) is 0 Å². The fourth-order valence-electron chi connectivity index (χ4n) is 1.17. The van der Waals surface area contributed by atoms with E-state index in [1.807, 2.05) is 0 Å². The van der Waals surface area contributed by atoms with Crippen LogP contribution in [-0.4, -0.2) is 11.1 Å². The van der Waals surface area contributed by atoms with Crippen molar-refractivity contribution < 1.29 is 9.90 Å². The molecule has 2 nitrogen and oxygen atoms in total. The maximum atomic E-state index is 10.3. The van der Waals surface area contributed by atoms with Gasteiger partial charge in [-0.2, -0.15) is 0 Å². The normalized spacial score (nSPS) is 10.8. The Labute approximate surface area is 83.4 Å². The third-order valence-corrected chi connectivity index (χ3v) is 3.93.